The number of benzene rings is 2. The van der Waals surface area contributed by atoms with Crippen molar-refractivity contribution in [1.29, 1.82) is 0 Å². The fourth-order valence-corrected chi connectivity index (χ4v) is 2.51. The van der Waals surface area contributed by atoms with Gasteiger partial charge in [-0.1, -0.05) is 5.16 Å². The van der Waals surface area contributed by atoms with Crippen LogP contribution >= 0.6 is 0 Å². The lowest BCUT2D eigenvalue weighted by molar-refractivity contribution is -0.159. The number of fused-ring (bicyclic) bond motifs is 1. The van der Waals surface area contributed by atoms with Gasteiger partial charge in [-0.2, -0.15) is 0 Å². The summed E-state index contributed by atoms with van der Waals surface area (Å²) in [6.07, 6.45) is 0. The Morgan fingerprint density at radius 1 is 1.10 bits per heavy atom. The number of nitrogens with zero attached hydrogens (tertiary/aromatic N) is 2. The summed E-state index contributed by atoms with van der Waals surface area (Å²) in [6.45, 7) is 4.62. The molecule has 7 nitrogen and oxygen atoms in total. The smallest absolute Gasteiger partial charge is 0.351 e. The number of hydrogen-bond acceptors (Lipinski definition) is 6. The summed E-state index contributed by atoms with van der Waals surface area (Å²) < 4.78 is 24.6. The molecule has 1 N–H and O–H groups in total. The summed E-state index contributed by atoms with van der Waals surface area (Å²) in [5.41, 5.74) is -0.344. The van der Waals surface area contributed by atoms with E-state index in [1.807, 2.05) is 0 Å². The van der Waals surface area contributed by atoms with Gasteiger partial charge in [0.2, 0.25) is 11.5 Å². The molecule has 2 aromatic carbocycles. The number of carbonyl (C=O) groups is 1. The monoisotopic (exact) mass is 412 g/mol. The lowest BCUT2D eigenvalue weighted by Gasteiger charge is -2.25. The van der Waals surface area contributed by atoms with Crippen molar-refractivity contribution in [2.45, 2.75) is 26.4 Å². The third kappa shape index (κ3) is 5.22. The first-order valence-corrected chi connectivity index (χ1v) is 9.15. The Labute approximate surface area is 172 Å². The standard InChI is InChI=1S/C22H21FN2O5/c1-14(2)25-28-13-22(3,21(26)27)30-18-8-6-17(7-9-18)29-20-11-4-15-12-16(23)5-10-19(15)24-20/h4-12H,13H2,1-3H3,(H,26,27). The zero-order valence-corrected chi connectivity index (χ0v) is 16.8. The lowest BCUT2D eigenvalue weighted by atomic mass is 10.1. The van der Waals surface area contributed by atoms with Gasteiger partial charge < -0.3 is 19.4 Å². The molecule has 0 aliphatic carbocycles. The molecule has 30 heavy (non-hydrogen) atoms. The third-order valence-corrected chi connectivity index (χ3v) is 4.05. The van der Waals surface area contributed by atoms with Crippen LogP contribution in [0.15, 0.2) is 59.8 Å². The molecule has 0 fully saturated rings. The maximum atomic E-state index is 13.3. The average Bonchev–Trinajstić information content (AvgIpc) is 2.69. The minimum absolute atomic E-state index is 0.257. The van der Waals surface area contributed by atoms with Crippen molar-refractivity contribution in [2.24, 2.45) is 5.16 Å². The minimum Gasteiger partial charge on any atom is -0.478 e. The molecule has 0 saturated carbocycles. The molecule has 0 amide bonds. The van der Waals surface area contributed by atoms with Gasteiger partial charge in [-0.05, 0) is 69.3 Å². The van der Waals surface area contributed by atoms with Crippen LogP contribution in [0.2, 0.25) is 0 Å². The van der Waals surface area contributed by atoms with E-state index in [9.17, 15) is 14.3 Å². The second-order valence-corrected chi connectivity index (χ2v) is 7.01. The molecule has 1 atom stereocenters. The van der Waals surface area contributed by atoms with E-state index in [1.54, 1.807) is 56.3 Å². The van der Waals surface area contributed by atoms with E-state index in [0.29, 0.717) is 34.0 Å². The second-order valence-electron chi connectivity index (χ2n) is 7.01. The number of oxime groups is 1. The Morgan fingerprint density at radius 2 is 1.80 bits per heavy atom. The van der Waals surface area contributed by atoms with E-state index >= 15 is 0 Å². The normalized spacial score (nSPS) is 12.7. The van der Waals surface area contributed by atoms with E-state index in [2.05, 4.69) is 10.1 Å². The molecule has 0 aliphatic heterocycles. The largest absolute Gasteiger partial charge is 0.478 e. The van der Waals surface area contributed by atoms with E-state index in [4.69, 9.17) is 14.3 Å². The van der Waals surface area contributed by atoms with Crippen LogP contribution < -0.4 is 9.47 Å². The summed E-state index contributed by atoms with van der Waals surface area (Å²) in [5, 5.41) is 13.9. The maximum absolute atomic E-state index is 13.3. The first-order chi connectivity index (χ1) is 14.2. The van der Waals surface area contributed by atoms with Crippen LogP contribution in [0.5, 0.6) is 17.4 Å². The molecule has 8 heteroatoms. The molecule has 0 spiro atoms. The number of aliphatic carboxylic acids is 1. The van der Waals surface area contributed by atoms with Crippen LogP contribution in [-0.4, -0.2) is 34.0 Å². The Morgan fingerprint density at radius 3 is 2.47 bits per heavy atom. The molecule has 3 aromatic rings. The summed E-state index contributed by atoms with van der Waals surface area (Å²) in [4.78, 5) is 21.0. The third-order valence-electron chi connectivity index (χ3n) is 4.05. The first kappa shape index (κ1) is 21.0. The van der Waals surface area contributed by atoms with Crippen LogP contribution in [0.25, 0.3) is 10.9 Å². The Balaban J connectivity index is 1.70. The molecule has 0 saturated heterocycles. The molecule has 0 bridgehead atoms. The number of halogens is 1. The highest BCUT2D eigenvalue weighted by Gasteiger charge is 2.37. The van der Waals surface area contributed by atoms with Gasteiger partial charge in [0.05, 0.1) is 11.2 Å². The topological polar surface area (TPSA) is 90.2 Å². The van der Waals surface area contributed by atoms with Crippen LogP contribution in [0, 0.1) is 5.82 Å². The Bertz CT molecular complexity index is 1080. The molecule has 1 heterocycles. The highest BCUT2D eigenvalue weighted by Crippen LogP contribution is 2.27. The summed E-state index contributed by atoms with van der Waals surface area (Å²) >= 11 is 0. The number of carboxylic acid groups (broad SMARTS) is 1. The van der Waals surface area contributed by atoms with E-state index in [1.165, 1.54) is 19.1 Å². The van der Waals surface area contributed by atoms with Gasteiger partial charge in [-0.15, -0.1) is 0 Å². The minimum atomic E-state index is -1.61. The molecular formula is C22H21FN2O5. The Kier molecular flexibility index (Phi) is 6.15. The number of pyridine rings is 1. The number of ether oxygens (including phenoxy) is 2. The average molecular weight is 412 g/mol. The van der Waals surface area contributed by atoms with Crippen molar-refractivity contribution < 1.29 is 28.6 Å². The van der Waals surface area contributed by atoms with Crippen molar-refractivity contribution in [3.63, 3.8) is 0 Å². The predicted octanol–water partition coefficient (Wildman–Crippen LogP) is 4.80. The molecule has 1 unspecified atom stereocenters. The van der Waals surface area contributed by atoms with Gasteiger partial charge in [-0.25, -0.2) is 14.2 Å². The number of hydrogen-bond donors (Lipinski definition) is 1. The van der Waals surface area contributed by atoms with E-state index in [-0.39, 0.29) is 12.4 Å². The fourth-order valence-electron chi connectivity index (χ4n) is 2.51. The highest BCUT2D eigenvalue weighted by molar-refractivity contribution is 5.79. The number of rotatable bonds is 8. The number of carboxylic acids is 1. The quantitative estimate of drug-likeness (QED) is 0.422. The second kappa shape index (κ2) is 8.77. The van der Waals surface area contributed by atoms with Crippen LogP contribution in [0.4, 0.5) is 4.39 Å². The van der Waals surface area contributed by atoms with Gasteiger partial charge in [0.15, 0.2) is 6.61 Å². The van der Waals surface area contributed by atoms with Gasteiger partial charge >= 0.3 is 5.97 Å². The van der Waals surface area contributed by atoms with Crippen molar-refractivity contribution in [3.05, 3.63) is 60.4 Å². The predicted molar refractivity (Wildman–Crippen MR) is 110 cm³/mol. The first-order valence-electron chi connectivity index (χ1n) is 9.15. The molecule has 156 valence electrons. The van der Waals surface area contributed by atoms with Crippen molar-refractivity contribution in [2.75, 3.05) is 6.61 Å². The molecular weight excluding hydrogens is 391 g/mol. The maximum Gasteiger partial charge on any atom is 0.351 e. The highest BCUT2D eigenvalue weighted by atomic mass is 19.1. The Hall–Kier alpha value is -3.68. The van der Waals surface area contributed by atoms with Crippen LogP contribution in [0.3, 0.4) is 0 Å². The van der Waals surface area contributed by atoms with Crippen LogP contribution in [0.1, 0.15) is 20.8 Å². The lowest BCUT2D eigenvalue weighted by Crippen LogP contribution is -2.45. The molecule has 3 rings (SSSR count). The van der Waals surface area contributed by atoms with Gasteiger partial charge in [-0.3, -0.25) is 0 Å². The van der Waals surface area contributed by atoms with Crippen molar-refractivity contribution in [1.82, 2.24) is 4.98 Å². The SMILES string of the molecule is CC(C)=NOCC(C)(Oc1ccc(Oc2ccc3cc(F)ccc3n2)cc1)C(=O)O. The van der Waals surface area contributed by atoms with E-state index < -0.39 is 11.6 Å². The summed E-state index contributed by atoms with van der Waals surface area (Å²) in [7, 11) is 0. The van der Waals surface area contributed by atoms with Crippen molar-refractivity contribution in [3.8, 4) is 17.4 Å². The zero-order chi connectivity index (χ0) is 21.7. The zero-order valence-electron chi connectivity index (χ0n) is 16.8. The fraction of sp³-hybridized carbons (Fsp3) is 0.227. The van der Waals surface area contributed by atoms with Crippen molar-refractivity contribution >= 4 is 22.6 Å². The molecule has 0 aliphatic rings. The summed E-state index contributed by atoms with van der Waals surface area (Å²) in [6, 6.07) is 14.1. The van der Waals surface area contributed by atoms with E-state index in [0.717, 1.165) is 0 Å². The van der Waals surface area contributed by atoms with Crippen LogP contribution in [-0.2, 0) is 9.63 Å². The van der Waals surface area contributed by atoms with Gasteiger partial charge in [0.1, 0.15) is 17.3 Å². The van der Waals surface area contributed by atoms with Gasteiger partial charge in [0, 0.05) is 11.5 Å². The molecule has 0 radical (unpaired) electrons. The van der Waals surface area contributed by atoms with Gasteiger partial charge in [0.25, 0.3) is 0 Å². The number of aromatic nitrogens is 1. The molecule has 1 aromatic heterocycles. The summed E-state index contributed by atoms with van der Waals surface area (Å²) in [5.74, 6) is -0.349.